The van der Waals surface area contributed by atoms with Crippen LogP contribution in [-0.2, 0) is 6.42 Å². The van der Waals surface area contributed by atoms with Gasteiger partial charge in [0.25, 0.3) is 0 Å². The first-order valence-corrected chi connectivity index (χ1v) is 6.13. The molecule has 3 N–H and O–H groups in total. The average Bonchev–Trinajstić information content (AvgIpc) is 2.39. The molecule has 0 amide bonds. The first kappa shape index (κ1) is 13.9. The molecule has 1 atom stereocenters. The van der Waals surface area contributed by atoms with Gasteiger partial charge in [0.05, 0.1) is 6.04 Å². The summed E-state index contributed by atoms with van der Waals surface area (Å²) < 4.78 is 25.8. The molecule has 0 aliphatic rings. The van der Waals surface area contributed by atoms with Crippen molar-refractivity contribution in [3.8, 4) is 0 Å². The van der Waals surface area contributed by atoms with Crippen LogP contribution in [-0.4, -0.2) is 0 Å². The summed E-state index contributed by atoms with van der Waals surface area (Å²) in [7, 11) is 0. The maximum Gasteiger partial charge on any atom is 0.124 e. The minimum Gasteiger partial charge on any atom is -0.271 e. The largest absolute Gasteiger partial charge is 0.271 e. The van der Waals surface area contributed by atoms with Crippen molar-refractivity contribution in [1.29, 1.82) is 0 Å². The predicted octanol–water partition coefficient (Wildman–Crippen LogP) is 3.37. The molecule has 2 aromatic carbocycles. The molecule has 2 aromatic rings. The van der Waals surface area contributed by atoms with Gasteiger partial charge in [0.15, 0.2) is 0 Å². The van der Waals surface area contributed by atoms with Gasteiger partial charge in [-0.2, -0.15) is 0 Å². The third-order valence-corrected chi connectivity index (χ3v) is 3.26. The molecular formula is C14H13ClF2N2. The Hall–Kier alpha value is -1.49. The summed E-state index contributed by atoms with van der Waals surface area (Å²) in [5.41, 5.74) is 4.26. The molecule has 5 heteroatoms. The monoisotopic (exact) mass is 282 g/mol. The summed E-state index contributed by atoms with van der Waals surface area (Å²) in [5.74, 6) is 4.82. The summed E-state index contributed by atoms with van der Waals surface area (Å²) in [5, 5.41) is 0.349. The number of hydrazine groups is 1. The zero-order valence-corrected chi connectivity index (χ0v) is 10.8. The highest BCUT2D eigenvalue weighted by atomic mass is 35.5. The molecule has 0 aliphatic heterocycles. The van der Waals surface area contributed by atoms with Gasteiger partial charge >= 0.3 is 0 Å². The van der Waals surface area contributed by atoms with E-state index in [1.54, 1.807) is 18.2 Å². The number of hydrogen-bond acceptors (Lipinski definition) is 2. The highest BCUT2D eigenvalue weighted by Crippen LogP contribution is 2.24. The molecule has 0 heterocycles. The Morgan fingerprint density at radius 3 is 2.26 bits per heavy atom. The second-order valence-electron chi connectivity index (χ2n) is 4.21. The molecule has 0 aromatic heterocycles. The predicted molar refractivity (Wildman–Crippen MR) is 71.6 cm³/mol. The highest BCUT2D eigenvalue weighted by molar-refractivity contribution is 6.31. The zero-order valence-electron chi connectivity index (χ0n) is 10.0. The average molecular weight is 283 g/mol. The van der Waals surface area contributed by atoms with E-state index in [1.165, 1.54) is 24.3 Å². The topological polar surface area (TPSA) is 38.0 Å². The van der Waals surface area contributed by atoms with E-state index in [4.69, 9.17) is 17.4 Å². The Bertz CT molecular complexity index is 558. The third-order valence-electron chi connectivity index (χ3n) is 2.91. The Kier molecular flexibility index (Phi) is 4.47. The molecule has 0 bridgehead atoms. The molecule has 0 saturated heterocycles. The Labute approximate surface area is 115 Å². The van der Waals surface area contributed by atoms with Crippen LogP contribution in [0.3, 0.4) is 0 Å². The second-order valence-corrected chi connectivity index (χ2v) is 4.62. The molecule has 2 nitrogen and oxygen atoms in total. The van der Waals surface area contributed by atoms with Crippen molar-refractivity contribution in [2.24, 2.45) is 5.84 Å². The van der Waals surface area contributed by atoms with Gasteiger partial charge in [-0.15, -0.1) is 0 Å². The van der Waals surface area contributed by atoms with E-state index < -0.39 is 0 Å². The minimum absolute atomic E-state index is 0.219. The van der Waals surface area contributed by atoms with Crippen LogP contribution in [0, 0.1) is 11.6 Å². The van der Waals surface area contributed by atoms with Gasteiger partial charge in [-0.25, -0.2) is 8.78 Å². The van der Waals surface area contributed by atoms with Crippen molar-refractivity contribution in [1.82, 2.24) is 5.43 Å². The molecular weight excluding hydrogens is 270 g/mol. The number of rotatable bonds is 4. The standard InChI is InChI=1S/C14H13ClF2N2/c15-13-8-12(17)6-3-10(13)7-14(19-18)9-1-4-11(16)5-2-9/h1-6,8,14,19H,7,18H2. The normalized spacial score (nSPS) is 12.4. The van der Waals surface area contributed by atoms with Crippen LogP contribution in [0.5, 0.6) is 0 Å². The lowest BCUT2D eigenvalue weighted by Crippen LogP contribution is -2.29. The van der Waals surface area contributed by atoms with Crippen LogP contribution in [0.1, 0.15) is 17.2 Å². The lowest BCUT2D eigenvalue weighted by Gasteiger charge is -2.17. The molecule has 0 saturated carbocycles. The number of benzene rings is 2. The van der Waals surface area contributed by atoms with Crippen LogP contribution >= 0.6 is 11.6 Å². The van der Waals surface area contributed by atoms with Crippen LogP contribution in [0.15, 0.2) is 42.5 Å². The first-order valence-electron chi connectivity index (χ1n) is 5.75. The van der Waals surface area contributed by atoms with E-state index in [9.17, 15) is 8.78 Å². The highest BCUT2D eigenvalue weighted by Gasteiger charge is 2.13. The number of hydrogen-bond donors (Lipinski definition) is 2. The number of nitrogens with one attached hydrogen (secondary N) is 1. The molecule has 0 spiro atoms. The van der Waals surface area contributed by atoms with Gasteiger partial charge in [-0.1, -0.05) is 29.8 Å². The van der Waals surface area contributed by atoms with Crippen LogP contribution < -0.4 is 11.3 Å². The summed E-state index contributed by atoms with van der Waals surface area (Å²) in [6, 6.07) is 10.0. The van der Waals surface area contributed by atoms with Gasteiger partial charge in [0.1, 0.15) is 11.6 Å². The van der Waals surface area contributed by atoms with E-state index in [0.29, 0.717) is 11.4 Å². The fourth-order valence-corrected chi connectivity index (χ4v) is 2.12. The third kappa shape index (κ3) is 3.50. The second kappa shape index (κ2) is 6.10. The Morgan fingerprint density at radius 2 is 1.68 bits per heavy atom. The van der Waals surface area contributed by atoms with Gasteiger partial charge < -0.3 is 0 Å². The maximum atomic E-state index is 13.0. The van der Waals surface area contributed by atoms with E-state index in [2.05, 4.69) is 5.43 Å². The Balaban J connectivity index is 2.21. The first-order chi connectivity index (χ1) is 9.10. The van der Waals surface area contributed by atoms with Crippen LogP contribution in [0.4, 0.5) is 8.78 Å². The molecule has 0 aliphatic carbocycles. The lowest BCUT2D eigenvalue weighted by atomic mass is 9.99. The molecule has 19 heavy (non-hydrogen) atoms. The van der Waals surface area contributed by atoms with Crippen molar-refractivity contribution in [2.75, 3.05) is 0 Å². The van der Waals surface area contributed by atoms with E-state index in [-0.39, 0.29) is 17.7 Å². The van der Waals surface area contributed by atoms with E-state index in [1.807, 2.05) is 0 Å². The van der Waals surface area contributed by atoms with Gasteiger partial charge in [0.2, 0.25) is 0 Å². The quantitative estimate of drug-likeness (QED) is 0.666. The smallest absolute Gasteiger partial charge is 0.124 e. The van der Waals surface area contributed by atoms with Crippen molar-refractivity contribution >= 4 is 11.6 Å². The van der Waals surface area contributed by atoms with Crippen molar-refractivity contribution < 1.29 is 8.78 Å². The lowest BCUT2D eigenvalue weighted by molar-refractivity contribution is 0.548. The van der Waals surface area contributed by atoms with Gasteiger partial charge in [-0.3, -0.25) is 11.3 Å². The number of halogens is 3. The van der Waals surface area contributed by atoms with E-state index >= 15 is 0 Å². The molecule has 0 radical (unpaired) electrons. The summed E-state index contributed by atoms with van der Waals surface area (Å²) >= 11 is 5.97. The fourth-order valence-electron chi connectivity index (χ4n) is 1.88. The Morgan fingerprint density at radius 1 is 1.05 bits per heavy atom. The zero-order chi connectivity index (χ0) is 13.8. The fraction of sp³-hybridized carbons (Fsp3) is 0.143. The molecule has 0 fully saturated rings. The van der Waals surface area contributed by atoms with Crippen molar-refractivity contribution in [3.05, 3.63) is 70.2 Å². The van der Waals surface area contributed by atoms with Gasteiger partial charge in [-0.05, 0) is 41.8 Å². The summed E-state index contributed by atoms with van der Waals surface area (Å²) in [4.78, 5) is 0. The molecule has 1 unspecified atom stereocenters. The summed E-state index contributed by atoms with van der Waals surface area (Å²) in [6.07, 6.45) is 0.487. The van der Waals surface area contributed by atoms with E-state index in [0.717, 1.165) is 11.1 Å². The van der Waals surface area contributed by atoms with Crippen LogP contribution in [0.2, 0.25) is 5.02 Å². The molecule has 100 valence electrons. The number of nitrogens with two attached hydrogens (primary N) is 1. The van der Waals surface area contributed by atoms with Crippen molar-refractivity contribution in [3.63, 3.8) is 0 Å². The van der Waals surface area contributed by atoms with Crippen molar-refractivity contribution in [2.45, 2.75) is 12.5 Å². The minimum atomic E-state index is -0.382. The molecule has 2 rings (SSSR count). The van der Waals surface area contributed by atoms with Gasteiger partial charge in [0, 0.05) is 5.02 Å². The SMILES string of the molecule is NNC(Cc1ccc(F)cc1Cl)c1ccc(F)cc1. The maximum absolute atomic E-state index is 13.0. The van der Waals surface area contributed by atoms with Crippen LogP contribution in [0.25, 0.3) is 0 Å². The summed E-state index contributed by atoms with van der Waals surface area (Å²) in [6.45, 7) is 0.